The largest absolute Gasteiger partial charge is 0.497 e. The van der Waals surface area contributed by atoms with E-state index in [1.807, 2.05) is 55.5 Å². The molecule has 0 saturated heterocycles. The van der Waals surface area contributed by atoms with Crippen LogP contribution in [0.5, 0.6) is 5.75 Å². The van der Waals surface area contributed by atoms with Crippen LogP contribution in [-0.2, 0) is 11.2 Å². The summed E-state index contributed by atoms with van der Waals surface area (Å²) < 4.78 is 5.15. The van der Waals surface area contributed by atoms with Crippen molar-refractivity contribution < 1.29 is 9.53 Å². The fourth-order valence-electron chi connectivity index (χ4n) is 2.07. The minimum atomic E-state index is -0.0647. The number of amides is 1. The Morgan fingerprint density at radius 3 is 2.71 bits per heavy atom. The van der Waals surface area contributed by atoms with Crippen LogP contribution in [-0.4, -0.2) is 13.0 Å². The Kier molecular flexibility index (Phi) is 4.95. The number of nitrogens with two attached hydrogens (primary N) is 1. The number of benzene rings is 2. The number of methoxy groups -OCH3 is 1. The van der Waals surface area contributed by atoms with Crippen molar-refractivity contribution >= 4 is 11.6 Å². The first-order valence-electron chi connectivity index (χ1n) is 6.87. The molecule has 1 atom stereocenters. The molecule has 0 bridgehead atoms. The Morgan fingerprint density at radius 1 is 1.24 bits per heavy atom. The van der Waals surface area contributed by atoms with Crippen molar-refractivity contribution in [3.05, 3.63) is 59.7 Å². The zero-order chi connectivity index (χ0) is 15.2. The lowest BCUT2D eigenvalue weighted by Crippen LogP contribution is -2.15. The van der Waals surface area contributed by atoms with E-state index >= 15 is 0 Å². The highest BCUT2D eigenvalue weighted by atomic mass is 16.5. The summed E-state index contributed by atoms with van der Waals surface area (Å²) in [4.78, 5) is 12.1. The molecule has 0 aromatic heterocycles. The second-order valence-corrected chi connectivity index (χ2v) is 4.99. The smallest absolute Gasteiger partial charge is 0.228 e. The summed E-state index contributed by atoms with van der Waals surface area (Å²) in [5, 5.41) is 2.89. The molecule has 110 valence electrons. The van der Waals surface area contributed by atoms with Crippen LogP contribution in [0.15, 0.2) is 48.5 Å². The summed E-state index contributed by atoms with van der Waals surface area (Å²) in [6, 6.07) is 15.0. The number of ether oxygens (including phenoxy) is 1. The van der Waals surface area contributed by atoms with E-state index in [-0.39, 0.29) is 11.9 Å². The lowest BCUT2D eigenvalue weighted by Gasteiger charge is -2.10. The SMILES string of the molecule is COc1cccc(CC(=O)Nc2cccc(C(C)N)c2)c1. The van der Waals surface area contributed by atoms with Crippen LogP contribution in [0.2, 0.25) is 0 Å². The zero-order valence-electron chi connectivity index (χ0n) is 12.3. The van der Waals surface area contributed by atoms with Crippen LogP contribution >= 0.6 is 0 Å². The minimum Gasteiger partial charge on any atom is -0.497 e. The highest BCUT2D eigenvalue weighted by molar-refractivity contribution is 5.92. The van der Waals surface area contributed by atoms with Gasteiger partial charge in [0.1, 0.15) is 5.75 Å². The van der Waals surface area contributed by atoms with Gasteiger partial charge >= 0.3 is 0 Å². The quantitative estimate of drug-likeness (QED) is 0.887. The van der Waals surface area contributed by atoms with Crippen LogP contribution < -0.4 is 15.8 Å². The standard InChI is InChI=1S/C17H20N2O2/c1-12(18)14-6-4-7-15(11-14)19-17(20)10-13-5-3-8-16(9-13)21-2/h3-9,11-12H,10,18H2,1-2H3,(H,19,20). The second-order valence-electron chi connectivity index (χ2n) is 4.99. The van der Waals surface area contributed by atoms with E-state index in [1.54, 1.807) is 7.11 Å². The van der Waals surface area contributed by atoms with Gasteiger partial charge in [-0.1, -0.05) is 24.3 Å². The topological polar surface area (TPSA) is 64.3 Å². The van der Waals surface area contributed by atoms with Gasteiger partial charge in [0, 0.05) is 11.7 Å². The average Bonchev–Trinajstić information content (AvgIpc) is 2.47. The Hall–Kier alpha value is -2.33. The molecule has 4 nitrogen and oxygen atoms in total. The first-order valence-corrected chi connectivity index (χ1v) is 6.87. The maximum atomic E-state index is 12.1. The number of nitrogens with one attached hydrogen (secondary N) is 1. The Bertz CT molecular complexity index is 624. The summed E-state index contributed by atoms with van der Waals surface area (Å²) >= 11 is 0. The molecule has 1 amide bonds. The third kappa shape index (κ3) is 4.33. The van der Waals surface area contributed by atoms with E-state index in [0.29, 0.717) is 6.42 Å². The van der Waals surface area contributed by atoms with Crippen molar-refractivity contribution in [2.45, 2.75) is 19.4 Å². The number of hydrogen-bond acceptors (Lipinski definition) is 3. The molecule has 0 heterocycles. The predicted molar refractivity (Wildman–Crippen MR) is 84.4 cm³/mol. The highest BCUT2D eigenvalue weighted by Crippen LogP contribution is 2.17. The van der Waals surface area contributed by atoms with Gasteiger partial charge in [-0.25, -0.2) is 0 Å². The van der Waals surface area contributed by atoms with E-state index in [2.05, 4.69) is 5.32 Å². The lowest BCUT2D eigenvalue weighted by molar-refractivity contribution is -0.115. The molecule has 1 unspecified atom stereocenters. The van der Waals surface area contributed by atoms with Crippen molar-refractivity contribution in [2.75, 3.05) is 12.4 Å². The zero-order valence-corrected chi connectivity index (χ0v) is 12.3. The maximum absolute atomic E-state index is 12.1. The molecule has 0 fully saturated rings. The number of carbonyl (C=O) groups excluding carboxylic acids is 1. The van der Waals surface area contributed by atoms with Gasteiger partial charge < -0.3 is 15.8 Å². The monoisotopic (exact) mass is 284 g/mol. The number of carbonyl (C=O) groups is 1. The first kappa shape index (κ1) is 15.1. The van der Waals surface area contributed by atoms with Crippen LogP contribution in [0.4, 0.5) is 5.69 Å². The van der Waals surface area contributed by atoms with Crippen molar-refractivity contribution in [3.8, 4) is 5.75 Å². The fourth-order valence-corrected chi connectivity index (χ4v) is 2.07. The first-order chi connectivity index (χ1) is 10.1. The Balaban J connectivity index is 2.02. The molecule has 21 heavy (non-hydrogen) atoms. The van der Waals surface area contributed by atoms with Crippen LogP contribution in [0.25, 0.3) is 0 Å². The van der Waals surface area contributed by atoms with E-state index in [1.165, 1.54) is 0 Å². The molecule has 0 aliphatic carbocycles. The average molecular weight is 284 g/mol. The molecule has 0 aliphatic rings. The summed E-state index contributed by atoms with van der Waals surface area (Å²) in [6.45, 7) is 1.91. The molecule has 2 aromatic rings. The highest BCUT2D eigenvalue weighted by Gasteiger charge is 2.06. The van der Waals surface area contributed by atoms with Gasteiger partial charge in [-0.2, -0.15) is 0 Å². The molecule has 0 spiro atoms. The molecule has 3 N–H and O–H groups in total. The van der Waals surface area contributed by atoms with Crippen LogP contribution in [0.1, 0.15) is 24.1 Å². The van der Waals surface area contributed by atoms with Gasteiger partial charge in [0.2, 0.25) is 5.91 Å². The van der Waals surface area contributed by atoms with Gasteiger partial charge in [0.15, 0.2) is 0 Å². The summed E-state index contributed by atoms with van der Waals surface area (Å²) in [7, 11) is 1.61. The van der Waals surface area contributed by atoms with Crippen LogP contribution in [0, 0.1) is 0 Å². The van der Waals surface area contributed by atoms with Crippen molar-refractivity contribution in [1.29, 1.82) is 0 Å². The number of hydrogen-bond donors (Lipinski definition) is 2. The number of anilines is 1. The maximum Gasteiger partial charge on any atom is 0.228 e. The van der Waals surface area contributed by atoms with Gasteiger partial charge in [-0.15, -0.1) is 0 Å². The van der Waals surface area contributed by atoms with Crippen molar-refractivity contribution in [3.63, 3.8) is 0 Å². The van der Waals surface area contributed by atoms with E-state index in [4.69, 9.17) is 10.5 Å². The Labute approximate surface area is 124 Å². The summed E-state index contributed by atoms with van der Waals surface area (Å²) in [6.07, 6.45) is 0.305. The normalized spacial score (nSPS) is 11.8. The molecule has 0 aliphatic heterocycles. The minimum absolute atomic E-state index is 0.0553. The third-order valence-electron chi connectivity index (χ3n) is 3.19. The van der Waals surface area contributed by atoms with Crippen molar-refractivity contribution in [2.24, 2.45) is 5.73 Å². The molecule has 2 aromatic carbocycles. The van der Waals surface area contributed by atoms with E-state index < -0.39 is 0 Å². The molecular formula is C17H20N2O2. The van der Waals surface area contributed by atoms with E-state index in [0.717, 1.165) is 22.6 Å². The third-order valence-corrected chi connectivity index (χ3v) is 3.19. The van der Waals surface area contributed by atoms with Gasteiger partial charge in [-0.3, -0.25) is 4.79 Å². The van der Waals surface area contributed by atoms with Gasteiger partial charge in [0.05, 0.1) is 13.5 Å². The molecule has 2 rings (SSSR count). The van der Waals surface area contributed by atoms with Crippen LogP contribution in [0.3, 0.4) is 0 Å². The van der Waals surface area contributed by atoms with Gasteiger partial charge in [0.25, 0.3) is 0 Å². The molecule has 0 radical (unpaired) electrons. The summed E-state index contributed by atoms with van der Waals surface area (Å²) in [5.41, 5.74) is 8.51. The fraction of sp³-hybridized carbons (Fsp3) is 0.235. The lowest BCUT2D eigenvalue weighted by atomic mass is 10.1. The Morgan fingerprint density at radius 2 is 2.00 bits per heavy atom. The molecule has 0 saturated carbocycles. The summed E-state index contributed by atoms with van der Waals surface area (Å²) in [5.74, 6) is 0.685. The van der Waals surface area contributed by atoms with Crippen molar-refractivity contribution in [1.82, 2.24) is 0 Å². The predicted octanol–water partition coefficient (Wildman–Crippen LogP) is 2.90. The van der Waals surface area contributed by atoms with E-state index in [9.17, 15) is 4.79 Å². The molecule has 4 heteroatoms. The second kappa shape index (κ2) is 6.90. The number of rotatable bonds is 5. The van der Waals surface area contributed by atoms with Gasteiger partial charge in [-0.05, 0) is 42.3 Å². The molecular weight excluding hydrogens is 264 g/mol.